The molecule has 1 aliphatic heterocycles. The second-order valence-electron chi connectivity index (χ2n) is 5.65. The molecule has 3 heterocycles. The van der Waals surface area contributed by atoms with Gasteiger partial charge in [-0.05, 0) is 37.1 Å². The largest absolute Gasteiger partial charge is 0.370 e. The molecule has 1 aliphatic rings. The molecule has 0 aromatic carbocycles. The molecule has 0 amide bonds. The predicted molar refractivity (Wildman–Crippen MR) is 84.2 cm³/mol. The third kappa shape index (κ3) is 3.83. The van der Waals surface area contributed by atoms with E-state index in [2.05, 4.69) is 26.4 Å². The van der Waals surface area contributed by atoms with Gasteiger partial charge >= 0.3 is 0 Å². The summed E-state index contributed by atoms with van der Waals surface area (Å²) in [6.07, 6.45) is 6.64. The van der Waals surface area contributed by atoms with E-state index in [-0.39, 0.29) is 0 Å². The van der Waals surface area contributed by atoms with E-state index in [1.54, 1.807) is 12.3 Å². The Kier molecular flexibility index (Phi) is 4.66. The van der Waals surface area contributed by atoms with Crippen LogP contribution in [0.5, 0.6) is 0 Å². The maximum atomic E-state index is 8.76. The first kappa shape index (κ1) is 14.5. The number of hydrogen-bond donors (Lipinski definition) is 1. The summed E-state index contributed by atoms with van der Waals surface area (Å²) in [4.78, 5) is 6.73. The summed E-state index contributed by atoms with van der Waals surface area (Å²) in [7, 11) is 0. The van der Waals surface area contributed by atoms with Crippen LogP contribution >= 0.6 is 0 Å². The summed E-state index contributed by atoms with van der Waals surface area (Å²) in [5.74, 6) is 1.49. The highest BCUT2D eigenvalue weighted by molar-refractivity contribution is 5.38. The van der Waals surface area contributed by atoms with Crippen molar-refractivity contribution in [1.29, 1.82) is 5.26 Å². The topological polar surface area (TPSA) is 69.8 Å². The Bertz CT molecular complexity index is 613. The van der Waals surface area contributed by atoms with Gasteiger partial charge in [-0.3, -0.25) is 4.68 Å². The molecule has 114 valence electrons. The lowest BCUT2D eigenvalue weighted by atomic mass is 10.1. The van der Waals surface area contributed by atoms with Crippen molar-refractivity contribution >= 4 is 5.82 Å². The van der Waals surface area contributed by atoms with Crippen molar-refractivity contribution in [2.75, 3.05) is 31.5 Å². The van der Waals surface area contributed by atoms with Crippen molar-refractivity contribution in [1.82, 2.24) is 19.7 Å². The van der Waals surface area contributed by atoms with E-state index in [9.17, 15) is 0 Å². The van der Waals surface area contributed by atoms with Gasteiger partial charge in [0.05, 0.1) is 12.1 Å². The fourth-order valence-electron chi connectivity index (χ4n) is 2.77. The van der Waals surface area contributed by atoms with Crippen LogP contribution in [-0.2, 0) is 6.54 Å². The van der Waals surface area contributed by atoms with Crippen LogP contribution in [0.3, 0.4) is 0 Å². The minimum Gasteiger partial charge on any atom is -0.370 e. The fourth-order valence-corrected chi connectivity index (χ4v) is 2.77. The smallest absolute Gasteiger partial charge is 0.125 e. The number of hydrogen-bond acceptors (Lipinski definition) is 5. The van der Waals surface area contributed by atoms with Gasteiger partial charge in [-0.2, -0.15) is 10.4 Å². The number of aromatic nitrogens is 3. The van der Waals surface area contributed by atoms with Gasteiger partial charge in [0.2, 0.25) is 0 Å². The van der Waals surface area contributed by atoms with Crippen molar-refractivity contribution in [3.8, 4) is 6.07 Å². The van der Waals surface area contributed by atoms with Gasteiger partial charge < -0.3 is 10.2 Å². The monoisotopic (exact) mass is 296 g/mol. The van der Waals surface area contributed by atoms with Crippen LogP contribution in [0.15, 0.2) is 36.8 Å². The number of nitrogens with zero attached hydrogens (tertiary/aromatic N) is 5. The lowest BCUT2D eigenvalue weighted by Crippen LogP contribution is -2.26. The van der Waals surface area contributed by atoms with Gasteiger partial charge in [-0.15, -0.1) is 0 Å². The van der Waals surface area contributed by atoms with E-state index in [4.69, 9.17) is 5.26 Å². The molecule has 0 saturated carbocycles. The fraction of sp³-hybridized carbons (Fsp3) is 0.438. The van der Waals surface area contributed by atoms with E-state index in [1.807, 2.05) is 29.2 Å². The second-order valence-corrected chi connectivity index (χ2v) is 5.65. The van der Waals surface area contributed by atoms with Gasteiger partial charge in [-0.1, -0.05) is 0 Å². The van der Waals surface area contributed by atoms with Gasteiger partial charge in [-0.25, -0.2) is 4.98 Å². The summed E-state index contributed by atoms with van der Waals surface area (Å²) < 4.78 is 1.98. The van der Waals surface area contributed by atoms with Crippen LogP contribution in [0.4, 0.5) is 5.82 Å². The Morgan fingerprint density at radius 3 is 3.05 bits per heavy atom. The summed E-state index contributed by atoms with van der Waals surface area (Å²) in [6, 6.07) is 7.69. The molecule has 6 nitrogen and oxygen atoms in total. The zero-order valence-electron chi connectivity index (χ0n) is 12.5. The predicted octanol–water partition coefficient (Wildman–Crippen LogP) is 1.58. The average molecular weight is 296 g/mol. The first-order chi connectivity index (χ1) is 10.8. The molecular formula is C16H20N6. The van der Waals surface area contributed by atoms with Crippen LogP contribution in [0.2, 0.25) is 0 Å². The van der Waals surface area contributed by atoms with Gasteiger partial charge in [0, 0.05) is 38.2 Å². The normalized spacial score (nSPS) is 18.2. The number of likely N-dealkylation sites (tertiary alicyclic amines) is 1. The van der Waals surface area contributed by atoms with Crippen LogP contribution < -0.4 is 5.32 Å². The van der Waals surface area contributed by atoms with Gasteiger partial charge in [0.25, 0.3) is 0 Å². The highest BCUT2D eigenvalue weighted by atomic mass is 15.3. The molecule has 1 unspecified atom stereocenters. The van der Waals surface area contributed by atoms with Crippen LogP contribution in [0.1, 0.15) is 12.0 Å². The molecule has 0 bridgehead atoms. The summed E-state index contributed by atoms with van der Waals surface area (Å²) >= 11 is 0. The lowest BCUT2D eigenvalue weighted by Gasteiger charge is -2.16. The molecule has 22 heavy (non-hydrogen) atoms. The third-order valence-electron chi connectivity index (χ3n) is 4.04. The minimum atomic E-state index is 0.594. The summed E-state index contributed by atoms with van der Waals surface area (Å²) in [5, 5.41) is 16.4. The highest BCUT2D eigenvalue weighted by Gasteiger charge is 2.21. The Morgan fingerprint density at radius 1 is 1.36 bits per heavy atom. The molecule has 3 rings (SSSR count). The molecule has 0 spiro atoms. The average Bonchev–Trinajstić information content (AvgIpc) is 3.23. The maximum absolute atomic E-state index is 8.76. The zero-order valence-corrected chi connectivity index (χ0v) is 12.5. The first-order valence-electron chi connectivity index (χ1n) is 7.63. The summed E-state index contributed by atoms with van der Waals surface area (Å²) in [6.45, 7) is 5.19. The molecular weight excluding hydrogens is 276 g/mol. The molecule has 0 aliphatic carbocycles. The molecule has 1 atom stereocenters. The molecule has 6 heteroatoms. The van der Waals surface area contributed by atoms with Crippen LogP contribution in [0, 0.1) is 17.2 Å². The number of nitrogens with one attached hydrogen (secondary N) is 1. The zero-order chi connectivity index (χ0) is 15.2. The number of nitriles is 1. The third-order valence-corrected chi connectivity index (χ3v) is 4.04. The molecule has 1 fully saturated rings. The van der Waals surface area contributed by atoms with E-state index in [0.29, 0.717) is 11.5 Å². The number of rotatable bonds is 6. The second kappa shape index (κ2) is 7.05. The molecule has 2 aromatic heterocycles. The van der Waals surface area contributed by atoms with Crippen molar-refractivity contribution < 1.29 is 0 Å². The minimum absolute atomic E-state index is 0.594. The number of pyridine rings is 1. The lowest BCUT2D eigenvalue weighted by molar-refractivity contribution is 0.305. The van der Waals surface area contributed by atoms with E-state index < -0.39 is 0 Å². The van der Waals surface area contributed by atoms with E-state index in [0.717, 1.165) is 38.5 Å². The quantitative estimate of drug-likeness (QED) is 0.876. The van der Waals surface area contributed by atoms with E-state index >= 15 is 0 Å². The van der Waals surface area contributed by atoms with Crippen LogP contribution in [-0.4, -0.2) is 45.8 Å². The Balaban J connectivity index is 1.40. The maximum Gasteiger partial charge on any atom is 0.125 e. The van der Waals surface area contributed by atoms with Gasteiger partial charge in [0.15, 0.2) is 0 Å². The molecule has 0 radical (unpaired) electrons. The standard InChI is InChI=1S/C16H20N6/c17-10-14-2-3-16(18-11-14)19-12-15-4-7-21(13-15)8-9-22-6-1-5-20-22/h1-3,5-6,11,15H,4,7-9,12-13H2,(H,18,19). The van der Waals surface area contributed by atoms with Crippen LogP contribution in [0.25, 0.3) is 0 Å². The van der Waals surface area contributed by atoms with Crippen molar-refractivity contribution in [2.45, 2.75) is 13.0 Å². The summed E-state index contributed by atoms with van der Waals surface area (Å²) in [5.41, 5.74) is 0.594. The number of anilines is 1. The SMILES string of the molecule is N#Cc1ccc(NCC2CCN(CCn3cccn3)C2)nc1. The van der Waals surface area contributed by atoms with Crippen molar-refractivity contribution in [3.63, 3.8) is 0 Å². The molecule has 1 saturated heterocycles. The van der Waals surface area contributed by atoms with Gasteiger partial charge in [0.1, 0.15) is 11.9 Å². The first-order valence-corrected chi connectivity index (χ1v) is 7.63. The molecule has 2 aromatic rings. The Morgan fingerprint density at radius 2 is 2.32 bits per heavy atom. The Hall–Kier alpha value is -2.39. The van der Waals surface area contributed by atoms with Crippen molar-refractivity contribution in [2.24, 2.45) is 5.92 Å². The highest BCUT2D eigenvalue weighted by Crippen LogP contribution is 2.16. The van der Waals surface area contributed by atoms with E-state index in [1.165, 1.54) is 6.42 Å². The molecule has 1 N–H and O–H groups in total. The Labute approximate surface area is 130 Å². The van der Waals surface area contributed by atoms with Crippen molar-refractivity contribution in [3.05, 3.63) is 42.4 Å².